The minimum Gasteiger partial charge on any atom is -0.462 e. The Morgan fingerprint density at radius 1 is 1.32 bits per heavy atom. The number of aromatic amines is 1. The number of ether oxygens (including phenoxy) is 2. The number of hydrogen-bond acceptors (Lipinski definition) is 7. The third kappa shape index (κ3) is 3.38. The molecule has 0 saturated carbocycles. The van der Waals surface area contributed by atoms with Gasteiger partial charge in [-0.05, 0) is 30.7 Å². The first-order chi connectivity index (χ1) is 14.8. The van der Waals surface area contributed by atoms with E-state index in [0.717, 1.165) is 0 Å². The largest absolute Gasteiger partial charge is 0.462 e. The number of nitro groups is 1. The summed E-state index contributed by atoms with van der Waals surface area (Å²) in [6.07, 6.45) is 0. The van der Waals surface area contributed by atoms with E-state index < -0.39 is 22.4 Å². The number of esters is 1. The van der Waals surface area contributed by atoms with Crippen LogP contribution in [0.4, 0.5) is 5.69 Å². The lowest BCUT2D eigenvalue weighted by molar-refractivity contribution is -0.384. The molecule has 0 spiro atoms. The number of fused-ring (bicyclic) bond motifs is 3. The molecular formula is C21H16ClN3O6. The summed E-state index contributed by atoms with van der Waals surface area (Å²) in [5, 5.41) is 12.0. The molecule has 4 rings (SSSR count). The Morgan fingerprint density at radius 2 is 2.06 bits per heavy atom. The van der Waals surface area contributed by atoms with Crippen LogP contribution in [0.5, 0.6) is 5.75 Å². The monoisotopic (exact) mass is 441 g/mol. The van der Waals surface area contributed by atoms with Crippen LogP contribution in [-0.2, 0) is 9.53 Å². The maximum absolute atomic E-state index is 13.1. The second-order valence-electron chi connectivity index (χ2n) is 6.74. The van der Waals surface area contributed by atoms with Crippen molar-refractivity contribution in [2.24, 2.45) is 5.73 Å². The zero-order valence-corrected chi connectivity index (χ0v) is 16.9. The Kier molecular flexibility index (Phi) is 5.12. The van der Waals surface area contributed by atoms with E-state index in [9.17, 15) is 19.7 Å². The number of pyridine rings is 1. The standard InChI is InChI=1S/C21H16ClN3O6/c1-2-30-21(27)17-15(12-9-10(25(28)29)7-8-13(12)22)16-18(31-19(17)23)11-5-3-4-6-14(11)24-20(16)26/h3-9,15H,2,23H2,1H3,(H,24,26). The molecule has 0 amide bonds. The van der Waals surface area contributed by atoms with Gasteiger partial charge in [0, 0.05) is 22.5 Å². The summed E-state index contributed by atoms with van der Waals surface area (Å²) in [5.41, 5.74) is 5.87. The number of H-pyrrole nitrogens is 1. The number of para-hydroxylation sites is 1. The van der Waals surface area contributed by atoms with Crippen molar-refractivity contribution in [3.05, 3.63) is 90.5 Å². The smallest absolute Gasteiger partial charge is 0.340 e. The first kappa shape index (κ1) is 20.4. The summed E-state index contributed by atoms with van der Waals surface area (Å²) in [6.45, 7) is 1.66. The van der Waals surface area contributed by atoms with Gasteiger partial charge < -0.3 is 20.2 Å². The Balaban J connectivity index is 2.09. The Hall–Kier alpha value is -3.85. The van der Waals surface area contributed by atoms with E-state index in [4.69, 9.17) is 26.8 Å². The van der Waals surface area contributed by atoms with Gasteiger partial charge in [0.05, 0.1) is 28.5 Å². The summed E-state index contributed by atoms with van der Waals surface area (Å²) in [4.78, 5) is 39.4. The van der Waals surface area contributed by atoms with Crippen LogP contribution in [0, 0.1) is 10.1 Å². The topological polar surface area (TPSA) is 138 Å². The highest BCUT2D eigenvalue weighted by molar-refractivity contribution is 6.31. The normalized spacial score (nSPS) is 15.4. The van der Waals surface area contributed by atoms with Crippen LogP contribution in [0.15, 0.2) is 58.7 Å². The van der Waals surface area contributed by atoms with Crippen molar-refractivity contribution >= 4 is 34.2 Å². The number of nitro benzene ring substituents is 1. The van der Waals surface area contributed by atoms with E-state index in [1.807, 2.05) is 0 Å². The third-order valence-corrected chi connectivity index (χ3v) is 5.30. The molecule has 0 bridgehead atoms. The molecule has 0 aliphatic carbocycles. The molecule has 1 aliphatic rings. The van der Waals surface area contributed by atoms with Gasteiger partial charge in [0.25, 0.3) is 11.2 Å². The molecule has 2 heterocycles. The van der Waals surface area contributed by atoms with Crippen LogP contribution in [0.2, 0.25) is 5.02 Å². The molecule has 158 valence electrons. The minimum atomic E-state index is -1.14. The third-order valence-electron chi connectivity index (χ3n) is 4.96. The highest BCUT2D eigenvalue weighted by Gasteiger charge is 2.40. The van der Waals surface area contributed by atoms with Gasteiger partial charge in [-0.3, -0.25) is 14.9 Å². The Morgan fingerprint density at radius 3 is 2.77 bits per heavy atom. The zero-order chi connectivity index (χ0) is 22.3. The number of halogens is 1. The van der Waals surface area contributed by atoms with Crippen molar-refractivity contribution < 1.29 is 19.2 Å². The van der Waals surface area contributed by atoms with Crippen LogP contribution in [0.25, 0.3) is 10.9 Å². The van der Waals surface area contributed by atoms with Crippen molar-refractivity contribution in [3.8, 4) is 5.75 Å². The van der Waals surface area contributed by atoms with Crippen LogP contribution in [0.3, 0.4) is 0 Å². The van der Waals surface area contributed by atoms with E-state index in [0.29, 0.717) is 10.9 Å². The van der Waals surface area contributed by atoms with Crippen LogP contribution < -0.4 is 16.0 Å². The number of non-ortho nitro benzene ring substituents is 1. The average Bonchev–Trinajstić information content (AvgIpc) is 2.73. The second-order valence-corrected chi connectivity index (χ2v) is 7.15. The van der Waals surface area contributed by atoms with E-state index in [1.54, 1.807) is 31.2 Å². The highest BCUT2D eigenvalue weighted by atomic mass is 35.5. The fourth-order valence-electron chi connectivity index (χ4n) is 3.66. The molecule has 1 aliphatic heterocycles. The first-order valence-electron chi connectivity index (χ1n) is 9.26. The fraction of sp³-hybridized carbons (Fsp3) is 0.143. The van der Waals surface area contributed by atoms with Crippen LogP contribution in [-0.4, -0.2) is 22.5 Å². The van der Waals surface area contributed by atoms with E-state index in [-0.39, 0.29) is 45.6 Å². The van der Waals surface area contributed by atoms with Crippen molar-refractivity contribution in [1.82, 2.24) is 4.98 Å². The van der Waals surface area contributed by atoms with Gasteiger partial charge in [-0.15, -0.1) is 0 Å². The molecule has 1 unspecified atom stereocenters. The highest BCUT2D eigenvalue weighted by Crippen LogP contribution is 2.46. The number of nitrogens with zero attached hydrogens (tertiary/aromatic N) is 1. The molecular weight excluding hydrogens is 426 g/mol. The Bertz CT molecular complexity index is 1330. The molecule has 0 saturated heterocycles. The lowest BCUT2D eigenvalue weighted by atomic mass is 9.82. The van der Waals surface area contributed by atoms with Gasteiger partial charge in [0.15, 0.2) is 0 Å². The average molecular weight is 442 g/mol. The second kappa shape index (κ2) is 7.77. The van der Waals surface area contributed by atoms with Crippen molar-refractivity contribution in [2.45, 2.75) is 12.8 Å². The summed E-state index contributed by atoms with van der Waals surface area (Å²) >= 11 is 6.37. The number of carbonyl (C=O) groups is 1. The molecule has 3 aromatic rings. The summed E-state index contributed by atoms with van der Waals surface area (Å²) in [7, 11) is 0. The minimum absolute atomic E-state index is 0.0476. The van der Waals surface area contributed by atoms with Crippen molar-refractivity contribution in [2.75, 3.05) is 6.61 Å². The number of rotatable bonds is 4. The van der Waals surface area contributed by atoms with Gasteiger partial charge >= 0.3 is 5.97 Å². The lowest BCUT2D eigenvalue weighted by Gasteiger charge is -2.28. The summed E-state index contributed by atoms with van der Waals surface area (Å²) in [5.74, 6) is -2.07. The number of aromatic nitrogens is 1. The zero-order valence-electron chi connectivity index (χ0n) is 16.2. The predicted molar refractivity (Wildman–Crippen MR) is 113 cm³/mol. The van der Waals surface area contributed by atoms with E-state index >= 15 is 0 Å². The molecule has 0 radical (unpaired) electrons. The molecule has 2 aromatic carbocycles. The van der Waals surface area contributed by atoms with Gasteiger partial charge in [0.2, 0.25) is 5.88 Å². The number of benzene rings is 2. The molecule has 1 atom stereocenters. The maximum atomic E-state index is 13.1. The number of nitrogens with two attached hydrogens (primary N) is 1. The quantitative estimate of drug-likeness (QED) is 0.359. The van der Waals surface area contributed by atoms with Crippen molar-refractivity contribution in [1.29, 1.82) is 0 Å². The maximum Gasteiger partial charge on any atom is 0.340 e. The molecule has 0 fully saturated rings. The van der Waals surface area contributed by atoms with E-state index in [2.05, 4.69) is 4.98 Å². The summed E-state index contributed by atoms with van der Waals surface area (Å²) in [6, 6.07) is 10.7. The van der Waals surface area contributed by atoms with Crippen LogP contribution in [0.1, 0.15) is 24.0 Å². The molecule has 31 heavy (non-hydrogen) atoms. The number of carbonyl (C=O) groups excluding carboxylic acids is 1. The summed E-state index contributed by atoms with van der Waals surface area (Å²) < 4.78 is 10.9. The van der Waals surface area contributed by atoms with E-state index in [1.165, 1.54) is 18.2 Å². The van der Waals surface area contributed by atoms with Gasteiger partial charge in [0.1, 0.15) is 11.3 Å². The Labute approximate surface area is 180 Å². The fourth-order valence-corrected chi connectivity index (χ4v) is 3.88. The molecule has 3 N–H and O–H groups in total. The van der Waals surface area contributed by atoms with Crippen molar-refractivity contribution in [3.63, 3.8) is 0 Å². The van der Waals surface area contributed by atoms with Gasteiger partial charge in [-0.25, -0.2) is 4.79 Å². The molecule has 1 aromatic heterocycles. The SMILES string of the molecule is CCOC(=O)C1=C(N)Oc2c(c(=O)[nH]c3ccccc23)C1c1cc([N+](=O)[O-])ccc1Cl. The van der Waals surface area contributed by atoms with Gasteiger partial charge in [-0.1, -0.05) is 23.7 Å². The molecule has 10 heteroatoms. The van der Waals surface area contributed by atoms with Crippen LogP contribution >= 0.6 is 11.6 Å². The molecule has 9 nitrogen and oxygen atoms in total. The first-order valence-corrected chi connectivity index (χ1v) is 9.64. The number of hydrogen-bond donors (Lipinski definition) is 2. The lowest BCUT2D eigenvalue weighted by Crippen LogP contribution is -2.32. The number of nitrogens with one attached hydrogen (secondary N) is 1. The predicted octanol–water partition coefficient (Wildman–Crippen LogP) is 3.35. The van der Waals surface area contributed by atoms with Gasteiger partial charge in [-0.2, -0.15) is 0 Å².